The third-order valence-corrected chi connectivity index (χ3v) is 2.47. The second-order valence-corrected chi connectivity index (χ2v) is 6.37. The Bertz CT molecular complexity index is 371. The summed E-state index contributed by atoms with van der Waals surface area (Å²) in [6.07, 6.45) is 0.518. The van der Waals surface area contributed by atoms with Crippen molar-refractivity contribution >= 4 is 17.8 Å². The van der Waals surface area contributed by atoms with Crippen LogP contribution in [0, 0.1) is 5.92 Å². The lowest BCUT2D eigenvalue weighted by Gasteiger charge is -2.21. The molecule has 0 unspecified atom stereocenters. The number of rotatable bonds is 7. The number of esters is 2. The molecule has 0 aromatic carbocycles. The molecule has 0 radical (unpaired) electrons. The van der Waals surface area contributed by atoms with E-state index in [9.17, 15) is 14.4 Å². The molecule has 0 aliphatic heterocycles. The molecule has 0 aliphatic carbocycles. The zero-order valence-electron chi connectivity index (χ0n) is 13.8. The quantitative estimate of drug-likeness (QED) is 0.725. The summed E-state index contributed by atoms with van der Waals surface area (Å²) < 4.78 is 9.81. The standard InChI is InChI=1S/C15H27NO5/c1-10(2)9-12(17)16-11(14(19)20-6)7-8-13(18)21-15(3,4)5/h10-11H,7-9H2,1-6H3,(H,16,17)/t11-/m0/s1. The Morgan fingerprint density at radius 1 is 1.14 bits per heavy atom. The molecule has 0 spiro atoms. The van der Waals surface area contributed by atoms with Gasteiger partial charge in [0.05, 0.1) is 7.11 Å². The Labute approximate surface area is 126 Å². The molecule has 1 amide bonds. The van der Waals surface area contributed by atoms with Gasteiger partial charge in [-0.1, -0.05) is 13.8 Å². The first-order valence-corrected chi connectivity index (χ1v) is 7.14. The Hall–Kier alpha value is -1.59. The van der Waals surface area contributed by atoms with E-state index in [2.05, 4.69) is 10.1 Å². The molecule has 0 rings (SSSR count). The molecule has 122 valence electrons. The average molecular weight is 301 g/mol. The van der Waals surface area contributed by atoms with Gasteiger partial charge in [0, 0.05) is 12.8 Å². The predicted octanol–water partition coefficient (Wildman–Crippen LogP) is 1.81. The molecule has 0 fully saturated rings. The summed E-state index contributed by atoms with van der Waals surface area (Å²) in [6, 6.07) is -0.825. The van der Waals surface area contributed by atoms with Gasteiger partial charge in [-0.3, -0.25) is 9.59 Å². The van der Waals surface area contributed by atoms with E-state index in [1.54, 1.807) is 20.8 Å². The van der Waals surface area contributed by atoms with E-state index in [4.69, 9.17) is 4.74 Å². The van der Waals surface area contributed by atoms with E-state index < -0.39 is 23.6 Å². The van der Waals surface area contributed by atoms with Gasteiger partial charge in [-0.05, 0) is 33.1 Å². The topological polar surface area (TPSA) is 81.7 Å². The first-order chi connectivity index (χ1) is 9.55. The van der Waals surface area contributed by atoms with Crippen molar-refractivity contribution in [3.63, 3.8) is 0 Å². The Kier molecular flexibility index (Phi) is 7.99. The molecule has 6 nitrogen and oxygen atoms in total. The zero-order chi connectivity index (χ0) is 16.6. The van der Waals surface area contributed by atoms with Gasteiger partial charge in [-0.25, -0.2) is 4.79 Å². The number of nitrogens with one attached hydrogen (secondary N) is 1. The molecule has 0 saturated carbocycles. The van der Waals surface area contributed by atoms with Gasteiger partial charge in [0.25, 0.3) is 0 Å². The summed E-state index contributed by atoms with van der Waals surface area (Å²) >= 11 is 0. The monoisotopic (exact) mass is 301 g/mol. The van der Waals surface area contributed by atoms with Crippen LogP contribution in [-0.2, 0) is 23.9 Å². The lowest BCUT2D eigenvalue weighted by atomic mass is 10.1. The average Bonchev–Trinajstić information content (AvgIpc) is 2.30. The van der Waals surface area contributed by atoms with Crippen LogP contribution in [0.2, 0.25) is 0 Å². The molecule has 0 aromatic rings. The third kappa shape index (κ3) is 9.87. The van der Waals surface area contributed by atoms with Gasteiger partial charge < -0.3 is 14.8 Å². The maximum Gasteiger partial charge on any atom is 0.328 e. The van der Waals surface area contributed by atoms with Crippen molar-refractivity contribution in [2.75, 3.05) is 7.11 Å². The van der Waals surface area contributed by atoms with E-state index >= 15 is 0 Å². The molecule has 1 N–H and O–H groups in total. The Balaban J connectivity index is 4.47. The maximum absolute atomic E-state index is 11.7. The summed E-state index contributed by atoms with van der Waals surface area (Å²) in [4.78, 5) is 35.0. The highest BCUT2D eigenvalue weighted by Gasteiger charge is 2.24. The summed E-state index contributed by atoms with van der Waals surface area (Å²) in [5, 5.41) is 2.60. The van der Waals surface area contributed by atoms with Crippen LogP contribution < -0.4 is 5.32 Å². The second kappa shape index (κ2) is 8.64. The number of carbonyl (C=O) groups excluding carboxylic acids is 3. The van der Waals surface area contributed by atoms with E-state index in [-0.39, 0.29) is 24.7 Å². The number of carbonyl (C=O) groups is 3. The van der Waals surface area contributed by atoms with Gasteiger partial charge >= 0.3 is 11.9 Å². The van der Waals surface area contributed by atoms with E-state index in [0.717, 1.165) is 0 Å². The van der Waals surface area contributed by atoms with E-state index in [1.165, 1.54) is 7.11 Å². The van der Waals surface area contributed by atoms with Gasteiger partial charge in [-0.2, -0.15) is 0 Å². The summed E-state index contributed by atoms with van der Waals surface area (Å²) in [7, 11) is 1.25. The van der Waals surface area contributed by atoms with Crippen LogP contribution in [0.3, 0.4) is 0 Å². The minimum atomic E-state index is -0.825. The molecule has 1 atom stereocenters. The molecule has 6 heteroatoms. The van der Waals surface area contributed by atoms with Crippen LogP contribution in [0.15, 0.2) is 0 Å². The van der Waals surface area contributed by atoms with Crippen LogP contribution in [0.5, 0.6) is 0 Å². The van der Waals surface area contributed by atoms with Gasteiger partial charge in [0.2, 0.25) is 5.91 Å². The number of methoxy groups -OCH3 is 1. The number of hydrogen-bond acceptors (Lipinski definition) is 5. The van der Waals surface area contributed by atoms with Crippen LogP contribution in [0.25, 0.3) is 0 Å². The predicted molar refractivity (Wildman–Crippen MR) is 78.5 cm³/mol. The molecular formula is C15H27NO5. The van der Waals surface area contributed by atoms with Crippen molar-refractivity contribution in [2.24, 2.45) is 5.92 Å². The summed E-state index contributed by atoms with van der Waals surface area (Å²) in [6.45, 7) is 9.13. The third-order valence-electron chi connectivity index (χ3n) is 2.47. The molecule has 0 saturated heterocycles. The highest BCUT2D eigenvalue weighted by molar-refractivity contribution is 5.85. The van der Waals surface area contributed by atoms with Crippen molar-refractivity contribution in [3.8, 4) is 0 Å². The van der Waals surface area contributed by atoms with Crippen molar-refractivity contribution in [1.82, 2.24) is 5.32 Å². The smallest absolute Gasteiger partial charge is 0.328 e. The summed E-state index contributed by atoms with van der Waals surface area (Å²) in [5.41, 5.74) is -0.571. The Morgan fingerprint density at radius 3 is 2.14 bits per heavy atom. The van der Waals surface area contributed by atoms with Crippen molar-refractivity contribution in [1.29, 1.82) is 0 Å². The normalized spacial score (nSPS) is 12.7. The van der Waals surface area contributed by atoms with Gasteiger partial charge in [0.1, 0.15) is 11.6 Å². The Morgan fingerprint density at radius 2 is 1.71 bits per heavy atom. The second-order valence-electron chi connectivity index (χ2n) is 6.37. The molecular weight excluding hydrogens is 274 g/mol. The molecule has 0 heterocycles. The minimum absolute atomic E-state index is 0.0407. The number of hydrogen-bond donors (Lipinski definition) is 1. The van der Waals surface area contributed by atoms with Crippen LogP contribution in [-0.4, -0.2) is 36.6 Å². The maximum atomic E-state index is 11.7. The largest absolute Gasteiger partial charge is 0.467 e. The lowest BCUT2D eigenvalue weighted by molar-refractivity contribution is -0.155. The van der Waals surface area contributed by atoms with Crippen LogP contribution >= 0.6 is 0 Å². The fraction of sp³-hybridized carbons (Fsp3) is 0.800. The van der Waals surface area contributed by atoms with Crippen LogP contribution in [0.1, 0.15) is 53.9 Å². The van der Waals surface area contributed by atoms with Crippen molar-refractivity contribution in [2.45, 2.75) is 65.5 Å². The van der Waals surface area contributed by atoms with Crippen molar-refractivity contribution < 1.29 is 23.9 Å². The minimum Gasteiger partial charge on any atom is -0.467 e. The van der Waals surface area contributed by atoms with E-state index in [0.29, 0.717) is 6.42 Å². The van der Waals surface area contributed by atoms with Gasteiger partial charge in [-0.15, -0.1) is 0 Å². The molecule has 0 bridgehead atoms. The highest BCUT2D eigenvalue weighted by atomic mass is 16.6. The fourth-order valence-electron chi connectivity index (χ4n) is 1.67. The summed E-state index contributed by atoms with van der Waals surface area (Å²) in [5.74, 6) is -1.01. The van der Waals surface area contributed by atoms with E-state index in [1.807, 2.05) is 13.8 Å². The van der Waals surface area contributed by atoms with Gasteiger partial charge in [0.15, 0.2) is 0 Å². The zero-order valence-corrected chi connectivity index (χ0v) is 13.8. The molecule has 0 aromatic heterocycles. The fourth-order valence-corrected chi connectivity index (χ4v) is 1.67. The number of ether oxygens (including phenoxy) is 2. The van der Waals surface area contributed by atoms with Crippen LogP contribution in [0.4, 0.5) is 0 Å². The molecule has 0 aliphatic rings. The number of amides is 1. The SMILES string of the molecule is COC(=O)[C@H](CCC(=O)OC(C)(C)C)NC(=O)CC(C)C. The first kappa shape index (κ1) is 19.4. The highest BCUT2D eigenvalue weighted by Crippen LogP contribution is 2.11. The molecule has 21 heavy (non-hydrogen) atoms. The lowest BCUT2D eigenvalue weighted by Crippen LogP contribution is -2.42. The van der Waals surface area contributed by atoms with Crippen molar-refractivity contribution in [3.05, 3.63) is 0 Å². The first-order valence-electron chi connectivity index (χ1n) is 7.14.